The number of rotatable bonds is 5. The third kappa shape index (κ3) is 4.55. The summed E-state index contributed by atoms with van der Waals surface area (Å²) in [6.45, 7) is 6.00. The second-order valence-electron chi connectivity index (χ2n) is 7.34. The minimum Gasteiger partial charge on any atom is -0.265 e. The van der Waals surface area contributed by atoms with Crippen molar-refractivity contribution in [1.82, 2.24) is 9.66 Å². The maximum Gasteiger partial charge on any atom is 0.269 e. The van der Waals surface area contributed by atoms with Crippen molar-refractivity contribution in [2.24, 2.45) is 10.1 Å². The quantitative estimate of drug-likeness (QED) is 0.227. The molecule has 0 aliphatic heterocycles. The molecular weight excluding hydrogens is 422 g/mol. The summed E-state index contributed by atoms with van der Waals surface area (Å²) >= 11 is 1.47. The molecule has 0 amide bonds. The van der Waals surface area contributed by atoms with Gasteiger partial charge >= 0.3 is 0 Å². The number of nitrogens with zero attached hydrogens (tertiary/aromatic N) is 5. The Morgan fingerprint density at radius 3 is 2.47 bits per heavy atom. The van der Waals surface area contributed by atoms with E-state index in [-0.39, 0.29) is 5.69 Å². The molecule has 2 aromatic heterocycles. The maximum absolute atomic E-state index is 11.0. The summed E-state index contributed by atoms with van der Waals surface area (Å²) in [6, 6.07) is 16.4. The molecule has 0 aliphatic carbocycles. The van der Waals surface area contributed by atoms with Gasteiger partial charge < -0.3 is 0 Å². The van der Waals surface area contributed by atoms with Crippen LogP contribution in [-0.2, 0) is 0 Å². The van der Waals surface area contributed by atoms with Gasteiger partial charge in [0.25, 0.3) is 5.69 Å². The first-order valence-corrected chi connectivity index (χ1v) is 10.8. The van der Waals surface area contributed by atoms with Crippen LogP contribution in [0.3, 0.4) is 0 Å². The summed E-state index contributed by atoms with van der Waals surface area (Å²) in [4.78, 5) is 20.3. The fourth-order valence-electron chi connectivity index (χ4n) is 3.17. The number of benzene rings is 2. The van der Waals surface area contributed by atoms with Gasteiger partial charge in [-0.05, 0) is 62.2 Å². The van der Waals surface area contributed by atoms with Gasteiger partial charge in [-0.1, -0.05) is 12.1 Å². The van der Waals surface area contributed by atoms with Crippen LogP contribution in [0.2, 0.25) is 0 Å². The number of aryl methyl sites for hydroxylation is 2. The molecule has 2 heterocycles. The number of pyridine rings is 1. The first-order chi connectivity index (χ1) is 15.4. The molecular formula is C24H21N5O2S. The maximum atomic E-state index is 11.0. The van der Waals surface area contributed by atoms with E-state index in [9.17, 15) is 10.1 Å². The SMILES string of the molecule is CC(=Nn1c(-c2ccc([N+](=O)[O-])cc2)csc1=Nc1cc(C)ccc1C)c1ccncc1. The topological polar surface area (TPSA) is 85.7 Å². The van der Waals surface area contributed by atoms with E-state index in [1.165, 1.54) is 23.5 Å². The van der Waals surface area contributed by atoms with Gasteiger partial charge in [0.05, 0.1) is 22.0 Å². The number of hydrogen-bond donors (Lipinski definition) is 0. The van der Waals surface area contributed by atoms with Gasteiger partial charge in [0.15, 0.2) is 0 Å². The van der Waals surface area contributed by atoms with E-state index in [1.807, 2.05) is 44.4 Å². The lowest BCUT2D eigenvalue weighted by Crippen LogP contribution is -2.14. The normalized spacial score (nSPS) is 12.2. The minimum atomic E-state index is -0.404. The molecule has 0 fully saturated rings. The Bertz CT molecular complexity index is 1370. The second kappa shape index (κ2) is 9.07. The van der Waals surface area contributed by atoms with Gasteiger partial charge in [-0.25, -0.2) is 9.67 Å². The van der Waals surface area contributed by atoms with Crippen LogP contribution in [0.25, 0.3) is 11.3 Å². The lowest BCUT2D eigenvalue weighted by Gasteiger charge is -2.07. The highest BCUT2D eigenvalue weighted by Gasteiger charge is 2.12. The second-order valence-corrected chi connectivity index (χ2v) is 8.18. The first-order valence-electron chi connectivity index (χ1n) is 9.96. The number of aromatic nitrogens is 2. The van der Waals surface area contributed by atoms with Crippen molar-refractivity contribution in [3.8, 4) is 11.3 Å². The third-order valence-corrected chi connectivity index (χ3v) is 5.80. The largest absolute Gasteiger partial charge is 0.269 e. The smallest absolute Gasteiger partial charge is 0.265 e. The van der Waals surface area contributed by atoms with Crippen LogP contribution in [0.1, 0.15) is 23.6 Å². The zero-order chi connectivity index (χ0) is 22.7. The molecule has 160 valence electrons. The van der Waals surface area contributed by atoms with Gasteiger partial charge in [-0.15, -0.1) is 11.3 Å². The van der Waals surface area contributed by atoms with Crippen LogP contribution in [0.4, 0.5) is 11.4 Å². The number of thiazole rings is 1. The van der Waals surface area contributed by atoms with Crippen LogP contribution in [0.15, 0.2) is 82.5 Å². The third-order valence-electron chi connectivity index (χ3n) is 4.99. The van der Waals surface area contributed by atoms with Crippen molar-refractivity contribution < 1.29 is 4.92 Å². The lowest BCUT2D eigenvalue weighted by atomic mass is 10.1. The average Bonchev–Trinajstić information content (AvgIpc) is 3.19. The first kappa shape index (κ1) is 21.3. The van der Waals surface area contributed by atoms with Crippen molar-refractivity contribution in [2.75, 3.05) is 0 Å². The van der Waals surface area contributed by atoms with E-state index in [4.69, 9.17) is 10.1 Å². The van der Waals surface area contributed by atoms with Crippen LogP contribution >= 0.6 is 11.3 Å². The zero-order valence-electron chi connectivity index (χ0n) is 17.9. The van der Waals surface area contributed by atoms with Crippen LogP contribution in [-0.4, -0.2) is 20.3 Å². The van der Waals surface area contributed by atoms with Gasteiger partial charge in [0.1, 0.15) is 0 Å². The molecule has 0 spiro atoms. The zero-order valence-corrected chi connectivity index (χ0v) is 18.7. The molecule has 0 radical (unpaired) electrons. The predicted molar refractivity (Wildman–Crippen MR) is 127 cm³/mol. The fraction of sp³-hybridized carbons (Fsp3) is 0.125. The van der Waals surface area contributed by atoms with Crippen molar-refractivity contribution >= 4 is 28.4 Å². The Labute approximate surface area is 189 Å². The van der Waals surface area contributed by atoms with E-state index in [0.717, 1.165) is 39.3 Å². The molecule has 0 N–H and O–H groups in total. The summed E-state index contributed by atoms with van der Waals surface area (Å²) in [6.07, 6.45) is 3.45. The molecule has 8 heteroatoms. The van der Waals surface area contributed by atoms with Crippen LogP contribution in [0.5, 0.6) is 0 Å². The standard InChI is InChI=1S/C24H21N5O2S/c1-16-4-5-17(2)22(14-16)26-24-28(27-18(3)19-10-12-25-13-11-19)23(15-32-24)20-6-8-21(9-7-20)29(30)31/h4-15H,1-3H3. The van der Waals surface area contributed by atoms with Crippen molar-refractivity contribution in [3.05, 3.63) is 104 Å². The monoisotopic (exact) mass is 443 g/mol. The van der Waals surface area contributed by atoms with E-state index >= 15 is 0 Å². The van der Waals surface area contributed by atoms with Crippen molar-refractivity contribution in [1.29, 1.82) is 0 Å². The van der Waals surface area contributed by atoms with Gasteiger partial charge in [0, 0.05) is 41.0 Å². The molecule has 0 saturated heterocycles. The molecule has 0 unspecified atom stereocenters. The van der Waals surface area contributed by atoms with Crippen molar-refractivity contribution in [2.45, 2.75) is 20.8 Å². The summed E-state index contributed by atoms with van der Waals surface area (Å²) in [7, 11) is 0. The summed E-state index contributed by atoms with van der Waals surface area (Å²) in [5.74, 6) is 0. The molecule has 7 nitrogen and oxygen atoms in total. The van der Waals surface area contributed by atoms with E-state index in [1.54, 1.807) is 29.2 Å². The Morgan fingerprint density at radius 2 is 1.78 bits per heavy atom. The Balaban J connectivity index is 1.90. The van der Waals surface area contributed by atoms with Crippen LogP contribution < -0.4 is 4.80 Å². The number of nitro groups is 1. The Hall–Kier alpha value is -3.91. The highest BCUT2D eigenvalue weighted by molar-refractivity contribution is 7.07. The number of hydrogen-bond acceptors (Lipinski definition) is 6. The highest BCUT2D eigenvalue weighted by atomic mass is 32.1. The van der Waals surface area contributed by atoms with E-state index in [2.05, 4.69) is 17.1 Å². The van der Waals surface area contributed by atoms with E-state index in [0.29, 0.717) is 4.80 Å². The fourth-order valence-corrected chi connectivity index (χ4v) is 4.01. The molecule has 4 aromatic rings. The van der Waals surface area contributed by atoms with Gasteiger partial charge in [0.2, 0.25) is 4.80 Å². The molecule has 2 aromatic carbocycles. The van der Waals surface area contributed by atoms with Gasteiger partial charge in [-0.2, -0.15) is 5.10 Å². The predicted octanol–water partition coefficient (Wildman–Crippen LogP) is 5.64. The van der Waals surface area contributed by atoms with Gasteiger partial charge in [-0.3, -0.25) is 15.1 Å². The number of non-ortho nitro benzene ring substituents is 1. The Kier molecular flexibility index (Phi) is 6.04. The molecule has 0 saturated carbocycles. The van der Waals surface area contributed by atoms with Crippen LogP contribution in [0, 0.1) is 24.0 Å². The number of nitro benzene ring substituents is 1. The summed E-state index contributed by atoms with van der Waals surface area (Å²) in [5.41, 5.74) is 6.51. The summed E-state index contributed by atoms with van der Waals surface area (Å²) < 4.78 is 1.80. The minimum absolute atomic E-state index is 0.0484. The summed E-state index contributed by atoms with van der Waals surface area (Å²) in [5, 5.41) is 17.9. The lowest BCUT2D eigenvalue weighted by molar-refractivity contribution is -0.384. The van der Waals surface area contributed by atoms with Crippen molar-refractivity contribution in [3.63, 3.8) is 0 Å². The molecule has 32 heavy (non-hydrogen) atoms. The molecule has 0 aliphatic rings. The van der Waals surface area contributed by atoms with E-state index < -0.39 is 4.92 Å². The average molecular weight is 444 g/mol. The molecule has 0 atom stereocenters. The molecule has 4 rings (SSSR count). The highest BCUT2D eigenvalue weighted by Crippen LogP contribution is 2.25. The molecule has 0 bridgehead atoms. The Morgan fingerprint density at radius 1 is 1.06 bits per heavy atom.